The second-order valence-corrected chi connectivity index (χ2v) is 10.5. The van der Waals surface area contributed by atoms with Crippen LogP contribution < -0.4 is 14.4 Å². The lowest BCUT2D eigenvalue weighted by atomic mass is 10.2. The fourth-order valence-electron chi connectivity index (χ4n) is 4.76. The van der Waals surface area contributed by atoms with Gasteiger partial charge < -0.3 is 14.4 Å². The SMILES string of the molecule is CCN(C(=O)CSc1nc2cc(OC)c(OC)cc2c2nc(CCn3nc(C)cc3C)nn12)c1cccc(C)c1. The molecule has 5 rings (SSSR count). The predicted octanol–water partition coefficient (Wildman–Crippen LogP) is 4.80. The Morgan fingerprint density at radius 3 is 2.45 bits per heavy atom. The van der Waals surface area contributed by atoms with Crippen LogP contribution in [0.15, 0.2) is 47.6 Å². The number of methoxy groups -OCH3 is 2. The van der Waals surface area contributed by atoms with Crippen molar-refractivity contribution in [1.82, 2.24) is 29.4 Å². The lowest BCUT2D eigenvalue weighted by molar-refractivity contribution is -0.116. The van der Waals surface area contributed by atoms with Gasteiger partial charge in [0.1, 0.15) is 0 Å². The zero-order chi connectivity index (χ0) is 28.4. The van der Waals surface area contributed by atoms with Gasteiger partial charge in [-0.25, -0.2) is 9.97 Å². The first-order chi connectivity index (χ1) is 19.3. The van der Waals surface area contributed by atoms with E-state index in [0.29, 0.717) is 53.2 Å². The first kappa shape index (κ1) is 27.4. The van der Waals surface area contributed by atoms with Gasteiger partial charge >= 0.3 is 0 Å². The van der Waals surface area contributed by atoms with Crippen LogP contribution in [0.5, 0.6) is 11.5 Å². The van der Waals surface area contributed by atoms with E-state index < -0.39 is 0 Å². The molecule has 3 aromatic heterocycles. The zero-order valence-corrected chi connectivity index (χ0v) is 24.4. The van der Waals surface area contributed by atoms with Gasteiger partial charge in [-0.1, -0.05) is 23.9 Å². The highest BCUT2D eigenvalue weighted by atomic mass is 32.2. The van der Waals surface area contributed by atoms with Crippen molar-refractivity contribution in [2.45, 2.75) is 45.8 Å². The molecule has 0 bridgehead atoms. The number of benzene rings is 2. The standard InChI is InChI=1S/C29H33N7O3S/c1-7-34(21-10-8-9-18(2)13-21)27(37)17-40-29-30-23-16-25(39-6)24(38-5)15-22(23)28-31-26(33-36(28)29)11-12-35-20(4)14-19(3)32-35/h8-10,13-16H,7,11-12,17H2,1-6H3. The molecule has 0 aliphatic rings. The molecular formula is C29H33N7O3S. The van der Waals surface area contributed by atoms with Gasteiger partial charge in [0.15, 0.2) is 28.1 Å². The van der Waals surface area contributed by atoms with Crippen molar-refractivity contribution in [2.24, 2.45) is 0 Å². The number of ether oxygens (including phenoxy) is 2. The van der Waals surface area contributed by atoms with Crippen LogP contribution in [0.2, 0.25) is 0 Å². The van der Waals surface area contributed by atoms with Crippen LogP contribution in [0.25, 0.3) is 16.6 Å². The summed E-state index contributed by atoms with van der Waals surface area (Å²) in [6.07, 6.45) is 0.596. The Kier molecular flexibility index (Phi) is 7.92. The molecule has 1 amide bonds. The summed E-state index contributed by atoms with van der Waals surface area (Å²) in [5, 5.41) is 10.7. The Morgan fingerprint density at radius 1 is 1.00 bits per heavy atom. The molecule has 0 aliphatic carbocycles. The third-order valence-corrected chi connectivity index (χ3v) is 7.61. The van der Waals surface area contributed by atoms with Crippen LogP contribution in [0.4, 0.5) is 5.69 Å². The number of nitrogens with zero attached hydrogens (tertiary/aromatic N) is 7. The highest BCUT2D eigenvalue weighted by Crippen LogP contribution is 2.34. The molecule has 0 unspecified atom stereocenters. The molecule has 0 spiro atoms. The van der Waals surface area contributed by atoms with Crippen LogP contribution in [-0.4, -0.2) is 61.8 Å². The van der Waals surface area contributed by atoms with Gasteiger partial charge in [-0.3, -0.25) is 9.48 Å². The topological polar surface area (TPSA) is 99.7 Å². The summed E-state index contributed by atoms with van der Waals surface area (Å²) < 4.78 is 14.8. The van der Waals surface area contributed by atoms with E-state index in [1.165, 1.54) is 11.8 Å². The second kappa shape index (κ2) is 11.5. The highest BCUT2D eigenvalue weighted by Gasteiger charge is 2.20. The maximum Gasteiger partial charge on any atom is 0.237 e. The van der Waals surface area contributed by atoms with Gasteiger partial charge in [-0.15, -0.1) is 5.10 Å². The Hall–Kier alpha value is -4.12. The van der Waals surface area contributed by atoms with Crippen LogP contribution in [0.3, 0.4) is 0 Å². The summed E-state index contributed by atoms with van der Waals surface area (Å²) in [4.78, 5) is 24.9. The summed E-state index contributed by atoms with van der Waals surface area (Å²) in [6, 6.07) is 13.7. The van der Waals surface area contributed by atoms with Gasteiger partial charge in [-0.2, -0.15) is 9.61 Å². The van der Waals surface area contributed by atoms with Gasteiger partial charge in [0.25, 0.3) is 0 Å². The van der Waals surface area contributed by atoms with E-state index in [1.54, 1.807) is 23.6 Å². The maximum absolute atomic E-state index is 13.3. The highest BCUT2D eigenvalue weighted by molar-refractivity contribution is 7.99. The van der Waals surface area contributed by atoms with Gasteiger partial charge in [0.2, 0.25) is 5.91 Å². The fourth-order valence-corrected chi connectivity index (χ4v) is 5.58. The number of rotatable bonds is 10. The van der Waals surface area contributed by atoms with E-state index in [2.05, 4.69) is 11.2 Å². The molecule has 0 saturated carbocycles. The number of hydrogen-bond acceptors (Lipinski definition) is 8. The van der Waals surface area contributed by atoms with E-state index in [-0.39, 0.29) is 11.7 Å². The van der Waals surface area contributed by atoms with E-state index in [4.69, 9.17) is 24.5 Å². The van der Waals surface area contributed by atoms with Crippen LogP contribution >= 0.6 is 11.8 Å². The van der Waals surface area contributed by atoms with Gasteiger partial charge in [-0.05, 0) is 57.5 Å². The van der Waals surface area contributed by atoms with Crippen molar-refractivity contribution in [1.29, 1.82) is 0 Å². The molecule has 0 radical (unpaired) electrons. The molecule has 10 nitrogen and oxygen atoms in total. The van der Waals surface area contributed by atoms with Crippen LogP contribution in [-0.2, 0) is 17.8 Å². The van der Waals surface area contributed by atoms with E-state index in [1.807, 2.05) is 68.8 Å². The number of hydrogen-bond donors (Lipinski definition) is 0. The third-order valence-electron chi connectivity index (χ3n) is 6.70. The molecule has 40 heavy (non-hydrogen) atoms. The summed E-state index contributed by atoms with van der Waals surface area (Å²) in [7, 11) is 3.19. The van der Waals surface area contributed by atoms with E-state index in [9.17, 15) is 4.79 Å². The normalized spacial score (nSPS) is 11.3. The van der Waals surface area contributed by atoms with Crippen molar-refractivity contribution in [3.8, 4) is 11.5 Å². The largest absolute Gasteiger partial charge is 0.493 e. The van der Waals surface area contributed by atoms with Crippen molar-refractivity contribution >= 4 is 39.9 Å². The third kappa shape index (κ3) is 5.46. The average molecular weight is 560 g/mol. The number of aromatic nitrogens is 6. The quantitative estimate of drug-likeness (QED) is 0.178. The molecule has 0 N–H and O–H groups in total. The molecule has 5 aromatic rings. The van der Waals surface area contributed by atoms with E-state index in [0.717, 1.165) is 28.0 Å². The number of fused-ring (bicyclic) bond motifs is 3. The molecule has 0 fully saturated rings. The summed E-state index contributed by atoms with van der Waals surface area (Å²) in [5.74, 6) is 2.01. The van der Waals surface area contributed by atoms with Gasteiger partial charge in [0, 0.05) is 42.3 Å². The first-order valence-corrected chi connectivity index (χ1v) is 14.1. The van der Waals surface area contributed by atoms with Crippen molar-refractivity contribution in [2.75, 3.05) is 31.4 Å². The first-order valence-electron chi connectivity index (χ1n) is 13.1. The monoisotopic (exact) mass is 559 g/mol. The van der Waals surface area contributed by atoms with Crippen LogP contribution in [0.1, 0.15) is 29.7 Å². The molecule has 208 valence electrons. The fraction of sp³-hybridized carbons (Fsp3) is 0.345. The molecule has 2 aromatic carbocycles. The Balaban J connectivity index is 1.50. The summed E-state index contributed by atoms with van der Waals surface area (Å²) in [6.45, 7) is 9.24. The minimum absolute atomic E-state index is 0.00896. The number of carbonyl (C=O) groups excluding carboxylic acids is 1. The van der Waals surface area contributed by atoms with Gasteiger partial charge in [0.05, 0.1) is 31.2 Å². The smallest absolute Gasteiger partial charge is 0.237 e. The number of anilines is 1. The minimum atomic E-state index is -0.00896. The van der Waals surface area contributed by atoms with E-state index >= 15 is 0 Å². The molecule has 11 heteroatoms. The number of amides is 1. The number of aryl methyl sites for hydroxylation is 5. The molecule has 0 atom stereocenters. The lowest BCUT2D eigenvalue weighted by Gasteiger charge is -2.21. The maximum atomic E-state index is 13.3. The molecule has 0 aliphatic heterocycles. The number of thioether (sulfide) groups is 1. The Labute approximate surface area is 237 Å². The predicted molar refractivity (Wildman–Crippen MR) is 157 cm³/mol. The second-order valence-electron chi connectivity index (χ2n) is 9.55. The molecule has 3 heterocycles. The molecular weight excluding hydrogens is 526 g/mol. The Bertz CT molecular complexity index is 1690. The van der Waals surface area contributed by atoms with Crippen molar-refractivity contribution < 1.29 is 14.3 Å². The minimum Gasteiger partial charge on any atom is -0.493 e. The van der Waals surface area contributed by atoms with Crippen molar-refractivity contribution in [3.05, 3.63) is 65.2 Å². The lowest BCUT2D eigenvalue weighted by Crippen LogP contribution is -2.32. The summed E-state index contributed by atoms with van der Waals surface area (Å²) >= 11 is 1.34. The van der Waals surface area contributed by atoms with Crippen molar-refractivity contribution in [3.63, 3.8) is 0 Å². The zero-order valence-electron chi connectivity index (χ0n) is 23.6. The summed E-state index contributed by atoms with van der Waals surface area (Å²) in [5.41, 5.74) is 5.39. The average Bonchev–Trinajstić information content (AvgIpc) is 3.52. The molecule has 0 saturated heterocycles. The van der Waals surface area contributed by atoms with Crippen LogP contribution in [0, 0.1) is 20.8 Å². The number of carbonyl (C=O) groups is 1. The Morgan fingerprint density at radius 2 is 1.77 bits per heavy atom.